The molecule has 2 heterocycles. The Labute approximate surface area is 233 Å². The van der Waals surface area contributed by atoms with Crippen molar-refractivity contribution in [1.82, 2.24) is 4.57 Å². The second kappa shape index (κ2) is 8.84. The molecule has 4 heteroatoms. The molecule has 1 aromatic heterocycles. The molecule has 0 amide bonds. The number of hydrogen-bond acceptors (Lipinski definition) is 1. The fourth-order valence-corrected chi connectivity index (χ4v) is 9.35. The van der Waals surface area contributed by atoms with Gasteiger partial charge in [0.2, 0.25) is 7.29 Å². The molecule has 0 fully saturated rings. The SMILES string of the molecule is O=P1(c2ccccc2)c2ccccc2-c2ccc3c(c2N1c1ccccc1)c1ccccc1n3-c1ccccc1. The van der Waals surface area contributed by atoms with Gasteiger partial charge in [-0.2, -0.15) is 0 Å². The number of nitrogens with zero attached hydrogens (tertiary/aromatic N) is 2. The summed E-state index contributed by atoms with van der Waals surface area (Å²) in [5.74, 6) is 0. The average molecular weight is 533 g/mol. The minimum atomic E-state index is -3.34. The highest BCUT2D eigenvalue weighted by molar-refractivity contribution is 7.81. The number of fused-ring (bicyclic) bond motifs is 7. The van der Waals surface area contributed by atoms with Gasteiger partial charge in [-0.1, -0.05) is 97.1 Å². The summed E-state index contributed by atoms with van der Waals surface area (Å²) in [5.41, 5.74) is 7.32. The van der Waals surface area contributed by atoms with E-state index in [1.165, 1.54) is 0 Å². The Morgan fingerprint density at radius 3 is 1.82 bits per heavy atom. The third-order valence-corrected chi connectivity index (χ3v) is 11.0. The van der Waals surface area contributed by atoms with Crippen LogP contribution in [0.25, 0.3) is 38.6 Å². The van der Waals surface area contributed by atoms with E-state index in [0.29, 0.717) is 0 Å². The maximum Gasteiger partial charge on any atom is 0.234 e. The van der Waals surface area contributed by atoms with E-state index in [0.717, 1.165) is 60.6 Å². The van der Waals surface area contributed by atoms with Gasteiger partial charge in [0.25, 0.3) is 0 Å². The Morgan fingerprint density at radius 1 is 0.475 bits per heavy atom. The number of aromatic nitrogens is 1. The fourth-order valence-electron chi connectivity index (χ4n) is 6.29. The number of rotatable bonds is 3. The van der Waals surface area contributed by atoms with E-state index in [1.807, 2.05) is 72.8 Å². The van der Waals surface area contributed by atoms with Gasteiger partial charge in [0.1, 0.15) is 0 Å². The van der Waals surface area contributed by atoms with E-state index in [2.05, 4.69) is 88.1 Å². The Morgan fingerprint density at radius 2 is 1.07 bits per heavy atom. The summed E-state index contributed by atoms with van der Waals surface area (Å²) >= 11 is 0. The Balaban J connectivity index is 1.60. The smallest absolute Gasteiger partial charge is 0.234 e. The maximum absolute atomic E-state index is 15.9. The van der Waals surface area contributed by atoms with Crippen molar-refractivity contribution in [3.8, 4) is 16.8 Å². The molecule has 0 aliphatic carbocycles. The first-order valence-corrected chi connectivity index (χ1v) is 15.2. The zero-order valence-corrected chi connectivity index (χ0v) is 22.6. The fraction of sp³-hybridized carbons (Fsp3) is 0. The van der Waals surface area contributed by atoms with Crippen LogP contribution in [0.4, 0.5) is 11.4 Å². The second-order valence-electron chi connectivity index (χ2n) is 10.1. The van der Waals surface area contributed by atoms with Crippen molar-refractivity contribution in [3.63, 3.8) is 0 Å². The van der Waals surface area contributed by atoms with Gasteiger partial charge in [-0.25, -0.2) is 0 Å². The molecule has 190 valence electrons. The van der Waals surface area contributed by atoms with Gasteiger partial charge >= 0.3 is 0 Å². The number of para-hydroxylation sites is 3. The van der Waals surface area contributed by atoms with Crippen molar-refractivity contribution < 1.29 is 4.57 Å². The minimum Gasteiger partial charge on any atom is -0.309 e. The molecule has 6 aromatic carbocycles. The molecule has 0 saturated heterocycles. The van der Waals surface area contributed by atoms with Crippen LogP contribution >= 0.6 is 7.29 Å². The van der Waals surface area contributed by atoms with Crippen LogP contribution < -0.4 is 15.3 Å². The van der Waals surface area contributed by atoms with Crippen LogP contribution in [0.5, 0.6) is 0 Å². The zero-order chi connectivity index (χ0) is 26.7. The quantitative estimate of drug-likeness (QED) is 0.213. The molecular formula is C36H25N2OP. The summed E-state index contributed by atoms with van der Waals surface area (Å²) in [4.78, 5) is 0. The molecular weight excluding hydrogens is 507 g/mol. The molecule has 0 saturated carbocycles. The first-order chi connectivity index (χ1) is 19.8. The van der Waals surface area contributed by atoms with Gasteiger partial charge in [-0.05, 0) is 60.2 Å². The normalized spacial score (nSPS) is 16.1. The van der Waals surface area contributed by atoms with E-state index in [1.54, 1.807) is 0 Å². The van der Waals surface area contributed by atoms with Crippen LogP contribution in [0.3, 0.4) is 0 Å². The summed E-state index contributed by atoms with van der Waals surface area (Å²) < 4.78 is 20.4. The Kier molecular flexibility index (Phi) is 5.10. The molecule has 1 unspecified atom stereocenters. The van der Waals surface area contributed by atoms with Gasteiger partial charge in [-0.3, -0.25) is 9.24 Å². The van der Waals surface area contributed by atoms with Gasteiger partial charge in [0, 0.05) is 38.3 Å². The first-order valence-electron chi connectivity index (χ1n) is 13.5. The lowest BCUT2D eigenvalue weighted by Gasteiger charge is -2.40. The van der Waals surface area contributed by atoms with Crippen LogP contribution in [0, 0.1) is 0 Å². The van der Waals surface area contributed by atoms with Crippen molar-refractivity contribution in [2.75, 3.05) is 4.67 Å². The molecule has 1 aliphatic rings. The topological polar surface area (TPSA) is 25.2 Å². The number of hydrogen-bond donors (Lipinski definition) is 0. The predicted octanol–water partition coefficient (Wildman–Crippen LogP) is 8.83. The summed E-state index contributed by atoms with van der Waals surface area (Å²) in [6.07, 6.45) is 0. The highest BCUT2D eigenvalue weighted by Gasteiger charge is 2.44. The highest BCUT2D eigenvalue weighted by Crippen LogP contribution is 2.63. The summed E-state index contributed by atoms with van der Waals surface area (Å²) in [7, 11) is -3.34. The Hall–Kier alpha value is -4.85. The molecule has 3 nitrogen and oxygen atoms in total. The summed E-state index contributed by atoms with van der Waals surface area (Å²) in [6.45, 7) is 0. The van der Waals surface area contributed by atoms with E-state index in [4.69, 9.17) is 0 Å². The summed E-state index contributed by atoms with van der Waals surface area (Å²) in [6, 6.07) is 51.8. The van der Waals surface area contributed by atoms with E-state index < -0.39 is 7.29 Å². The van der Waals surface area contributed by atoms with Gasteiger partial charge in [0.15, 0.2) is 0 Å². The van der Waals surface area contributed by atoms with Gasteiger partial charge < -0.3 is 4.57 Å². The van der Waals surface area contributed by atoms with E-state index in [9.17, 15) is 0 Å². The molecule has 40 heavy (non-hydrogen) atoms. The van der Waals surface area contributed by atoms with E-state index >= 15 is 4.57 Å². The Bertz CT molecular complexity index is 2080. The standard InChI is InChI=1S/C36H25N2OP/c39-40(28-18-8-3-9-19-28)34-23-13-11-20-29(34)30-24-25-33-35(36(30)38(40)27-16-6-2-7-17-27)31-21-10-12-22-32(31)37(33)26-14-4-1-5-15-26/h1-25H. The van der Waals surface area contributed by atoms with Crippen molar-refractivity contribution in [2.24, 2.45) is 0 Å². The number of anilines is 2. The van der Waals surface area contributed by atoms with Crippen LogP contribution in [0.15, 0.2) is 152 Å². The molecule has 0 radical (unpaired) electrons. The van der Waals surface area contributed by atoms with Crippen molar-refractivity contribution in [3.05, 3.63) is 152 Å². The monoisotopic (exact) mass is 532 g/mol. The molecule has 8 rings (SSSR count). The van der Waals surface area contributed by atoms with Crippen molar-refractivity contribution in [2.45, 2.75) is 0 Å². The van der Waals surface area contributed by atoms with Gasteiger partial charge in [0.05, 0.1) is 16.7 Å². The lowest BCUT2D eigenvalue weighted by molar-refractivity contribution is 0.587. The number of benzene rings is 6. The molecule has 0 bridgehead atoms. The van der Waals surface area contributed by atoms with Crippen molar-refractivity contribution in [1.29, 1.82) is 0 Å². The van der Waals surface area contributed by atoms with Crippen LogP contribution in [-0.4, -0.2) is 4.57 Å². The minimum absolute atomic E-state index is 0.820. The third kappa shape index (κ3) is 3.16. The lowest BCUT2D eigenvalue weighted by atomic mass is 9.98. The predicted molar refractivity (Wildman–Crippen MR) is 168 cm³/mol. The van der Waals surface area contributed by atoms with E-state index in [-0.39, 0.29) is 0 Å². The zero-order valence-electron chi connectivity index (χ0n) is 21.7. The third-order valence-electron chi connectivity index (χ3n) is 7.95. The lowest BCUT2D eigenvalue weighted by Crippen LogP contribution is -2.33. The molecule has 7 aromatic rings. The highest BCUT2D eigenvalue weighted by atomic mass is 31.2. The van der Waals surface area contributed by atoms with Gasteiger partial charge in [-0.15, -0.1) is 0 Å². The largest absolute Gasteiger partial charge is 0.309 e. The van der Waals surface area contributed by atoms with Crippen LogP contribution in [0.1, 0.15) is 0 Å². The van der Waals surface area contributed by atoms with Crippen LogP contribution in [-0.2, 0) is 4.57 Å². The molecule has 0 spiro atoms. The molecule has 1 atom stereocenters. The van der Waals surface area contributed by atoms with Crippen LogP contribution in [0.2, 0.25) is 0 Å². The average Bonchev–Trinajstić information content (AvgIpc) is 3.37. The van der Waals surface area contributed by atoms with Crippen molar-refractivity contribution >= 4 is 51.1 Å². The first kappa shape index (κ1) is 23.1. The second-order valence-corrected chi connectivity index (χ2v) is 12.7. The summed E-state index contributed by atoms with van der Waals surface area (Å²) in [5, 5.41) is 3.93. The molecule has 0 N–H and O–H groups in total. The maximum atomic E-state index is 15.9. The molecule has 1 aliphatic heterocycles.